The van der Waals surface area contributed by atoms with Crippen LogP contribution in [-0.2, 0) is 24.9 Å². The maximum Gasteiger partial charge on any atom is 0.119 e. The summed E-state index contributed by atoms with van der Waals surface area (Å²) in [6.45, 7) is 4.29. The molecule has 0 aliphatic carbocycles. The molecule has 0 aliphatic rings. The first kappa shape index (κ1) is 20.9. The Morgan fingerprint density at radius 2 is 1.17 bits per heavy atom. The third kappa shape index (κ3) is 4.30. The highest BCUT2D eigenvalue weighted by Crippen LogP contribution is 2.37. The summed E-state index contributed by atoms with van der Waals surface area (Å²) < 4.78 is 10.6. The zero-order valence-electron chi connectivity index (χ0n) is 17.7. The molecule has 3 aromatic carbocycles. The molecule has 3 rings (SSSR count). The quantitative estimate of drug-likeness (QED) is 0.582. The molecule has 3 aromatic rings. The van der Waals surface area contributed by atoms with E-state index in [9.17, 15) is 5.11 Å². The fourth-order valence-electron chi connectivity index (χ4n) is 3.84. The molecule has 1 N–H and O–H groups in total. The maximum atomic E-state index is 12.1. The lowest BCUT2D eigenvalue weighted by molar-refractivity contribution is 0.0806. The number of hydrogen-bond acceptors (Lipinski definition) is 3. The fourth-order valence-corrected chi connectivity index (χ4v) is 3.84. The van der Waals surface area contributed by atoms with Crippen molar-refractivity contribution >= 4 is 0 Å². The molecule has 29 heavy (non-hydrogen) atoms. The minimum absolute atomic E-state index is 0.493. The van der Waals surface area contributed by atoms with E-state index >= 15 is 0 Å². The van der Waals surface area contributed by atoms with Crippen LogP contribution >= 0.6 is 0 Å². The van der Waals surface area contributed by atoms with E-state index in [0.29, 0.717) is 6.42 Å². The molecule has 151 valence electrons. The average molecular weight is 390 g/mol. The molecule has 0 amide bonds. The van der Waals surface area contributed by atoms with E-state index in [0.717, 1.165) is 35.5 Å². The maximum absolute atomic E-state index is 12.1. The predicted molar refractivity (Wildman–Crippen MR) is 117 cm³/mol. The van der Waals surface area contributed by atoms with Gasteiger partial charge in [0.25, 0.3) is 0 Å². The summed E-state index contributed by atoms with van der Waals surface area (Å²) in [5, 5.41) is 12.1. The molecular formula is C26H29O3. The normalized spacial score (nSPS) is 11.3. The summed E-state index contributed by atoms with van der Waals surface area (Å²) >= 11 is 0. The Labute approximate surface area is 173 Å². The van der Waals surface area contributed by atoms with E-state index in [4.69, 9.17) is 9.47 Å². The Balaban J connectivity index is 2.15. The van der Waals surface area contributed by atoms with E-state index in [-0.39, 0.29) is 0 Å². The van der Waals surface area contributed by atoms with Gasteiger partial charge < -0.3 is 14.6 Å². The second-order valence-electron chi connectivity index (χ2n) is 7.19. The minimum Gasteiger partial charge on any atom is -0.497 e. The molecule has 0 heterocycles. The minimum atomic E-state index is -1.17. The summed E-state index contributed by atoms with van der Waals surface area (Å²) in [5.74, 6) is 1.53. The van der Waals surface area contributed by atoms with E-state index in [2.05, 4.69) is 19.9 Å². The van der Waals surface area contributed by atoms with Crippen molar-refractivity contribution in [3.63, 3.8) is 0 Å². The van der Waals surface area contributed by atoms with Crippen LogP contribution in [0.3, 0.4) is 0 Å². The summed E-state index contributed by atoms with van der Waals surface area (Å²) in [7, 11) is 3.29. The lowest BCUT2D eigenvalue weighted by atomic mass is 9.78. The van der Waals surface area contributed by atoms with Crippen LogP contribution in [0.1, 0.15) is 41.7 Å². The summed E-state index contributed by atoms with van der Waals surface area (Å²) in [4.78, 5) is 0. The molecule has 0 aromatic heterocycles. The first-order valence-electron chi connectivity index (χ1n) is 10.1. The molecule has 3 nitrogen and oxygen atoms in total. The largest absolute Gasteiger partial charge is 0.497 e. The first-order valence-corrected chi connectivity index (χ1v) is 10.1. The smallest absolute Gasteiger partial charge is 0.119 e. The number of hydrogen-bond donors (Lipinski definition) is 1. The van der Waals surface area contributed by atoms with Gasteiger partial charge in [0.1, 0.15) is 17.1 Å². The van der Waals surface area contributed by atoms with Gasteiger partial charge in [-0.3, -0.25) is 0 Å². The Hall–Kier alpha value is -2.78. The fraction of sp³-hybridized carbons (Fsp3) is 0.308. The zero-order valence-corrected chi connectivity index (χ0v) is 17.7. The highest BCUT2D eigenvalue weighted by molar-refractivity contribution is 5.45. The van der Waals surface area contributed by atoms with Crippen LogP contribution in [0.25, 0.3) is 0 Å². The van der Waals surface area contributed by atoms with Gasteiger partial charge in [-0.05, 0) is 71.0 Å². The highest BCUT2D eigenvalue weighted by Gasteiger charge is 2.33. The Kier molecular flexibility index (Phi) is 6.60. The Morgan fingerprint density at radius 3 is 1.52 bits per heavy atom. The predicted octanol–water partition coefficient (Wildman–Crippen LogP) is 5.11. The van der Waals surface area contributed by atoms with Crippen molar-refractivity contribution in [2.75, 3.05) is 14.2 Å². The molecule has 0 bridgehead atoms. The standard InChI is InChI=1S/C26H29O3/c1-5-19-8-7-9-20(6-2)25(19)18-26(27,21-10-14-23(28-3)15-11-21)22-12-16-24(29-4)17-13-22/h8-17,27H,5-6,18H2,1-4H3. The van der Waals surface area contributed by atoms with Crippen molar-refractivity contribution in [1.29, 1.82) is 0 Å². The van der Waals surface area contributed by atoms with Gasteiger partial charge in [-0.25, -0.2) is 0 Å². The topological polar surface area (TPSA) is 38.7 Å². The van der Waals surface area contributed by atoms with Crippen molar-refractivity contribution in [3.05, 3.63) is 94.5 Å². The van der Waals surface area contributed by atoms with E-state index in [1.54, 1.807) is 14.2 Å². The third-order valence-electron chi connectivity index (χ3n) is 5.62. The first-order chi connectivity index (χ1) is 14.0. The van der Waals surface area contributed by atoms with Gasteiger partial charge >= 0.3 is 0 Å². The van der Waals surface area contributed by atoms with Crippen molar-refractivity contribution in [1.82, 2.24) is 0 Å². The van der Waals surface area contributed by atoms with E-state index in [1.165, 1.54) is 16.7 Å². The lowest BCUT2D eigenvalue weighted by Gasteiger charge is -2.31. The summed E-state index contributed by atoms with van der Waals surface area (Å²) in [5.41, 5.74) is 4.14. The molecule has 0 fully saturated rings. The van der Waals surface area contributed by atoms with E-state index < -0.39 is 5.60 Å². The molecule has 0 atom stereocenters. The number of aliphatic hydroxyl groups is 1. The summed E-state index contributed by atoms with van der Waals surface area (Å²) in [6.07, 6.45) is 2.30. The molecule has 3 heteroatoms. The number of methoxy groups -OCH3 is 2. The molecular weight excluding hydrogens is 360 g/mol. The molecule has 0 spiro atoms. The molecule has 0 saturated heterocycles. The Morgan fingerprint density at radius 1 is 0.759 bits per heavy atom. The number of benzene rings is 3. The van der Waals surface area contributed by atoms with E-state index in [1.807, 2.05) is 60.7 Å². The molecule has 0 aliphatic heterocycles. The van der Waals surface area contributed by atoms with Crippen LogP contribution in [0.5, 0.6) is 11.5 Å². The van der Waals surface area contributed by atoms with Crippen LogP contribution in [0, 0.1) is 6.07 Å². The second kappa shape index (κ2) is 9.15. The SMILES string of the molecule is CCc1c[c]cc(CC)c1CC(O)(c1ccc(OC)cc1)c1ccc(OC)cc1. The van der Waals surface area contributed by atoms with Crippen LogP contribution < -0.4 is 9.47 Å². The molecule has 0 unspecified atom stereocenters. The molecule has 1 radical (unpaired) electrons. The van der Waals surface area contributed by atoms with Crippen molar-refractivity contribution in [3.8, 4) is 11.5 Å². The van der Waals surface area contributed by atoms with Gasteiger partial charge in [0.2, 0.25) is 0 Å². The monoisotopic (exact) mass is 389 g/mol. The van der Waals surface area contributed by atoms with Crippen LogP contribution in [0.2, 0.25) is 0 Å². The van der Waals surface area contributed by atoms with Crippen LogP contribution in [0.4, 0.5) is 0 Å². The van der Waals surface area contributed by atoms with Crippen molar-refractivity contribution < 1.29 is 14.6 Å². The van der Waals surface area contributed by atoms with Gasteiger partial charge in [-0.1, -0.05) is 50.2 Å². The average Bonchev–Trinajstić information content (AvgIpc) is 2.79. The van der Waals surface area contributed by atoms with Gasteiger partial charge in [0.05, 0.1) is 14.2 Å². The number of ether oxygens (including phenoxy) is 2. The third-order valence-corrected chi connectivity index (χ3v) is 5.62. The van der Waals surface area contributed by atoms with Crippen molar-refractivity contribution in [2.45, 2.75) is 38.7 Å². The van der Waals surface area contributed by atoms with Gasteiger partial charge in [0.15, 0.2) is 0 Å². The Bertz CT molecular complexity index is 857. The lowest BCUT2D eigenvalue weighted by Crippen LogP contribution is -2.31. The zero-order chi connectivity index (χ0) is 20.9. The van der Waals surface area contributed by atoms with Crippen LogP contribution in [-0.4, -0.2) is 19.3 Å². The molecule has 0 saturated carbocycles. The van der Waals surface area contributed by atoms with Gasteiger partial charge in [-0.2, -0.15) is 0 Å². The van der Waals surface area contributed by atoms with Crippen LogP contribution in [0.15, 0.2) is 60.7 Å². The van der Waals surface area contributed by atoms with Gasteiger partial charge in [-0.15, -0.1) is 0 Å². The summed E-state index contributed by atoms with van der Waals surface area (Å²) in [6, 6.07) is 22.7. The second-order valence-corrected chi connectivity index (χ2v) is 7.19. The highest BCUT2D eigenvalue weighted by atomic mass is 16.5. The van der Waals surface area contributed by atoms with Gasteiger partial charge in [0, 0.05) is 6.42 Å². The van der Waals surface area contributed by atoms with Crippen molar-refractivity contribution in [2.24, 2.45) is 0 Å². The number of rotatable bonds is 8. The number of aryl methyl sites for hydroxylation is 2.